The zero-order chi connectivity index (χ0) is 84.6. The molecule has 2 aromatic heterocycles. The zero-order valence-corrected chi connectivity index (χ0v) is 63.1. The summed E-state index contributed by atoms with van der Waals surface area (Å²) in [6.45, 7) is 3.00. The Morgan fingerprint density at radius 1 is 0.617 bits per heavy atom. The first-order valence-electron chi connectivity index (χ1n) is 37.0. The third-order valence-corrected chi connectivity index (χ3v) is 18.3. The number of nitrogens with one attached hydrogen (secondary N) is 13. The van der Waals surface area contributed by atoms with Crippen molar-refractivity contribution in [2.45, 2.75) is 196 Å². The number of unbranched alkanes of at least 4 members (excludes halogenated alkanes) is 8. The van der Waals surface area contributed by atoms with Crippen LogP contribution in [0.3, 0.4) is 0 Å². The molecule has 3 aromatic carbocycles. The van der Waals surface area contributed by atoms with Gasteiger partial charge in [0.15, 0.2) is 6.10 Å². The third kappa shape index (κ3) is 29.5. The van der Waals surface area contributed by atoms with Gasteiger partial charge in [-0.3, -0.25) is 77.2 Å². The summed E-state index contributed by atoms with van der Waals surface area (Å²) in [6.07, 6.45) is 2.60. The van der Waals surface area contributed by atoms with E-state index in [2.05, 4.69) is 71.7 Å². The number of para-hydroxylation sites is 2. The molecule has 39 heteroatoms. The number of nitrogens with two attached hydrogens (primary N) is 1. The number of H-pyrrole nitrogens is 2. The summed E-state index contributed by atoms with van der Waals surface area (Å²) in [6, 6.07) is -2.91. The van der Waals surface area contributed by atoms with Crippen LogP contribution in [-0.4, -0.2) is 226 Å². The lowest BCUT2D eigenvalue weighted by molar-refractivity contribution is -0.150. The van der Waals surface area contributed by atoms with E-state index in [1.165, 1.54) is 25.2 Å². The molecule has 6 rings (SSSR count). The van der Waals surface area contributed by atoms with Crippen LogP contribution in [-0.2, 0) is 87.9 Å². The molecule has 1 aliphatic heterocycles. The minimum atomic E-state index is -2.71. The lowest BCUT2D eigenvalue weighted by Gasteiger charge is -2.29. The number of carboxylic acid groups (broad SMARTS) is 4. The number of primary amides is 1. The number of rotatable bonds is 31. The largest absolute Gasteiger partial charge is 0.508 e. The van der Waals surface area contributed by atoms with Crippen molar-refractivity contribution in [3.05, 3.63) is 120 Å². The van der Waals surface area contributed by atoms with Crippen molar-refractivity contribution in [1.29, 1.82) is 0 Å². The van der Waals surface area contributed by atoms with Crippen molar-refractivity contribution >= 4 is 123 Å². The number of allylic oxidation sites excluding steroid dienone is 1. The molecule has 1 unspecified atom stereocenters. The second-order valence-corrected chi connectivity index (χ2v) is 27.8. The normalized spacial score (nSPS) is 22.0. The van der Waals surface area contributed by atoms with E-state index in [-0.39, 0.29) is 16.7 Å². The van der Waals surface area contributed by atoms with Crippen LogP contribution in [0.15, 0.2) is 103 Å². The number of hydrogen-bond donors (Lipinski definition) is 22. The van der Waals surface area contributed by atoms with Crippen molar-refractivity contribution in [3.8, 4) is 5.75 Å². The van der Waals surface area contributed by atoms with Gasteiger partial charge in [-0.1, -0.05) is 120 Å². The number of aliphatic hydroxyl groups excluding tert-OH is 3. The van der Waals surface area contributed by atoms with Gasteiger partial charge in [-0.05, 0) is 79.6 Å². The molecule has 11 amide bonds. The Morgan fingerprint density at radius 2 is 1.17 bits per heavy atom. The van der Waals surface area contributed by atoms with Crippen LogP contribution in [0.1, 0.15) is 140 Å². The third-order valence-electron chi connectivity index (χ3n) is 18.3. The van der Waals surface area contributed by atoms with Crippen LogP contribution >= 0.6 is 0 Å². The van der Waals surface area contributed by atoms with Crippen LogP contribution in [0.4, 0.5) is 0 Å². The highest BCUT2D eigenvalue weighted by molar-refractivity contribution is 6.05. The number of phenols is 1. The van der Waals surface area contributed by atoms with Crippen LogP contribution in [0.2, 0.25) is 0 Å². The molecule has 115 heavy (non-hydrogen) atoms. The molecular weight excluding hydrogens is 1510 g/mol. The second-order valence-electron chi connectivity index (χ2n) is 27.8. The molecule has 0 spiro atoms. The average Bonchev–Trinajstić information content (AvgIpc) is 1.61. The van der Waals surface area contributed by atoms with Crippen molar-refractivity contribution in [2.75, 3.05) is 13.2 Å². The Labute approximate surface area is 657 Å². The van der Waals surface area contributed by atoms with Crippen LogP contribution in [0.5, 0.6) is 5.75 Å². The number of ether oxygens (including phenoxy) is 1. The molecular formula is C76H98N14O25. The topological polar surface area (TPSA) is 634 Å². The van der Waals surface area contributed by atoms with Gasteiger partial charge in [-0.15, -0.1) is 0 Å². The Bertz CT molecular complexity index is 4370. The van der Waals surface area contributed by atoms with E-state index in [0.717, 1.165) is 81.9 Å². The van der Waals surface area contributed by atoms with Gasteiger partial charge in [0.05, 0.1) is 38.5 Å². The van der Waals surface area contributed by atoms with Gasteiger partial charge < -0.3 is 114 Å². The lowest BCUT2D eigenvalue weighted by Crippen LogP contribution is -2.62. The van der Waals surface area contributed by atoms with Gasteiger partial charge in [-0.25, -0.2) is 4.79 Å². The second kappa shape index (κ2) is 45.2. The van der Waals surface area contributed by atoms with E-state index in [9.17, 15) is 103 Å². The fourth-order valence-corrected chi connectivity index (χ4v) is 12.2. The number of amides is 11. The van der Waals surface area contributed by atoms with Crippen molar-refractivity contribution in [3.63, 3.8) is 0 Å². The minimum Gasteiger partial charge on any atom is -0.508 e. The van der Waals surface area contributed by atoms with E-state index >= 15 is 14.4 Å². The first kappa shape index (κ1) is 91.3. The number of cyclic esters (lactones) is 1. The van der Waals surface area contributed by atoms with E-state index in [4.69, 9.17) is 10.5 Å². The number of carbonyl (C=O) groups excluding carboxylic acids is 12. The quantitative estimate of drug-likeness (QED) is 0.0142. The van der Waals surface area contributed by atoms with E-state index in [1.54, 1.807) is 54.6 Å². The van der Waals surface area contributed by atoms with Crippen molar-refractivity contribution < 1.29 is 122 Å². The summed E-state index contributed by atoms with van der Waals surface area (Å²) in [5.74, 6) is -24.4. The highest BCUT2D eigenvalue weighted by Crippen LogP contribution is 2.24. The number of phenolic OH excluding ortho intramolecular Hbond substituents is 1. The van der Waals surface area contributed by atoms with Gasteiger partial charge in [0.25, 0.3) is 0 Å². The van der Waals surface area contributed by atoms with Gasteiger partial charge in [0.2, 0.25) is 65.0 Å². The molecule has 12 atom stereocenters. The Hall–Kier alpha value is -12.6. The number of aliphatic carboxylic acids is 4. The van der Waals surface area contributed by atoms with E-state index in [1.807, 2.05) is 10.6 Å². The monoisotopic (exact) mass is 1610 g/mol. The standard InChI is InChI=1S/C76H98N14O25/c1-39(2)18-12-10-8-6-4-5-7-9-11-13-23-56(93)81-55(38-91)72(110)89-62-40(3)115-76(114)54(31-43-36-79-48-22-17-15-20-46(43)48)87-68(106)49(28-29-58(95)96)82-75(113)64(65(103)66(77)104)88-57(94)37-80-67(105)51(32-59(97)98)86-74(112)63(41-24-26-44(92)27-25-41)90-71(109)53(34-61(101)102)84-70(108)52(33-60(99)100)83-69(107)50(85-73(62)111)30-42-35-78-47-21-16-14-19-45(42)47/h13-17,19-27,31,35-36,39-40,49-53,55,62-65,67,78-80,91-92,103,105H,4-12,18,28-30,32-34,37-38H2,1-3H3,(H2,77,104)(H,81,93)(H,82,113)(H,83,107)(H,84,108)(H,85,111)(H,86,112)(H,87,106)(H,88,94)(H,89,110)(H,90,109)(H,95,96)(H,97,98)(H,99,100)(H,101,102)/b23-13+,54-31-/t40-,49-,50-,51+,52+,53+,55+,62+,63-,64-,65+,67?/m1/s1. The predicted octanol–water partition coefficient (Wildman–Crippen LogP) is -1.12. The molecule has 1 fully saturated rings. The zero-order valence-electron chi connectivity index (χ0n) is 63.1. The Balaban J connectivity index is 1.49. The number of benzene rings is 3. The average molecular weight is 1610 g/mol. The number of carboxylic acids is 4. The lowest BCUT2D eigenvalue weighted by atomic mass is 10.0. The number of esters is 1. The highest BCUT2D eigenvalue weighted by Gasteiger charge is 2.41. The molecule has 0 radical (unpaired) electrons. The van der Waals surface area contributed by atoms with E-state index < -0.39 is 231 Å². The number of carbonyl (C=O) groups is 16. The molecule has 3 heterocycles. The number of hydrogen-bond acceptors (Lipinski definition) is 22. The highest BCUT2D eigenvalue weighted by atomic mass is 16.5. The summed E-state index contributed by atoms with van der Waals surface area (Å²) in [5.41, 5.74) is 5.44. The minimum absolute atomic E-state index is 0.105. The number of aliphatic hydroxyl groups is 3. The molecule has 23 N–H and O–H groups in total. The molecule has 39 nitrogen and oxygen atoms in total. The van der Waals surface area contributed by atoms with Gasteiger partial charge in [-0.2, -0.15) is 0 Å². The molecule has 0 aliphatic carbocycles. The first-order chi connectivity index (χ1) is 54.6. The Kier molecular flexibility index (Phi) is 35.8. The Morgan fingerprint density at radius 3 is 1.77 bits per heavy atom. The fourth-order valence-electron chi connectivity index (χ4n) is 12.2. The fraction of sp³-hybridized carbons (Fsp3) is 0.447. The number of aromatic amines is 2. The maximum atomic E-state index is 15.4. The number of aromatic hydroxyl groups is 1. The molecule has 1 saturated heterocycles. The number of fused-ring (bicyclic) bond motifs is 2. The predicted molar refractivity (Wildman–Crippen MR) is 406 cm³/mol. The summed E-state index contributed by atoms with van der Waals surface area (Å²) < 4.78 is 5.88. The van der Waals surface area contributed by atoms with Crippen LogP contribution in [0, 0.1) is 5.92 Å². The maximum absolute atomic E-state index is 15.4. The number of aromatic nitrogens is 2. The smallest absolute Gasteiger partial charge is 0.355 e. The molecule has 0 bridgehead atoms. The summed E-state index contributed by atoms with van der Waals surface area (Å²) in [7, 11) is 0. The summed E-state index contributed by atoms with van der Waals surface area (Å²) >= 11 is 0. The summed E-state index contributed by atoms with van der Waals surface area (Å²) in [5, 5.41) is 108. The SMILES string of the molecule is CC(C)CCCCCCCCCC/C=C/C(=O)N[C@@H](CO)C(=O)N[C@@H]1C(=O)N[C@H](Cc2c[nH]c3ccccc23)C(=O)N[C@@H](CC(=O)O)C(=O)N[C@@H](CC(=O)O)C(=O)N[C@H](c2ccc(O)cc2)C(=O)N[C@@H](CC(=O)O)C(O)NCC(=O)N[C@H]([C@H](O)C(N)=O)C(=O)N[C@H](CCC(=O)O)C(=O)N/C(=C\c2c[nH]c3ccccc23)C(=O)O[C@@H]1C. The maximum Gasteiger partial charge on any atom is 0.355 e. The van der Waals surface area contributed by atoms with Crippen molar-refractivity contribution in [2.24, 2.45) is 11.7 Å². The first-order valence-corrected chi connectivity index (χ1v) is 37.0. The van der Waals surface area contributed by atoms with Gasteiger partial charge in [0, 0.05) is 52.6 Å². The molecule has 622 valence electrons. The molecule has 5 aromatic rings. The summed E-state index contributed by atoms with van der Waals surface area (Å²) in [4.78, 5) is 228. The molecule has 0 saturated carbocycles. The van der Waals surface area contributed by atoms with Gasteiger partial charge in [0.1, 0.15) is 72.1 Å². The van der Waals surface area contributed by atoms with Crippen LogP contribution < -0.4 is 64.2 Å². The van der Waals surface area contributed by atoms with E-state index in [0.29, 0.717) is 40.6 Å². The van der Waals surface area contributed by atoms with Crippen LogP contribution in [0.25, 0.3) is 27.9 Å². The van der Waals surface area contributed by atoms with Crippen molar-refractivity contribution in [1.82, 2.24) is 68.5 Å². The molecule has 1 aliphatic rings. The van der Waals surface area contributed by atoms with Gasteiger partial charge >= 0.3 is 29.8 Å².